The van der Waals surface area contributed by atoms with Crippen molar-refractivity contribution in [2.45, 2.75) is 90.3 Å². The molecule has 1 aliphatic carbocycles. The lowest BCUT2D eigenvalue weighted by molar-refractivity contribution is 0.145. The molecule has 1 amide bonds. The lowest BCUT2D eigenvalue weighted by Gasteiger charge is -2.11. The van der Waals surface area contributed by atoms with Gasteiger partial charge in [0.25, 0.3) is 10.0 Å². The van der Waals surface area contributed by atoms with Crippen LogP contribution in [0.4, 0.5) is 4.79 Å². The van der Waals surface area contributed by atoms with Gasteiger partial charge in [-0.2, -0.15) is 0 Å². The van der Waals surface area contributed by atoms with Crippen LogP contribution in [0.2, 0.25) is 0 Å². The van der Waals surface area contributed by atoms with Crippen LogP contribution >= 0.6 is 11.3 Å². The quantitative estimate of drug-likeness (QED) is 0.185. The molecule has 0 bridgehead atoms. The maximum atomic E-state index is 13.5. The Balaban J connectivity index is 1.38. The molecule has 1 fully saturated rings. The number of thiophene rings is 1. The average Bonchev–Trinajstić information content (AvgIpc) is 3.69. The van der Waals surface area contributed by atoms with Crippen molar-refractivity contribution < 1.29 is 17.9 Å². The predicted molar refractivity (Wildman–Crippen MR) is 172 cm³/mol. The molecule has 1 aromatic carbocycles. The van der Waals surface area contributed by atoms with Gasteiger partial charge in [-0.15, -0.1) is 11.3 Å². The van der Waals surface area contributed by atoms with Crippen molar-refractivity contribution in [1.82, 2.24) is 19.3 Å². The van der Waals surface area contributed by atoms with Crippen LogP contribution in [-0.4, -0.2) is 35.7 Å². The van der Waals surface area contributed by atoms with E-state index in [9.17, 15) is 13.2 Å². The zero-order chi connectivity index (χ0) is 30.7. The third-order valence-corrected chi connectivity index (χ3v) is 11.1. The van der Waals surface area contributed by atoms with E-state index in [4.69, 9.17) is 14.7 Å². The van der Waals surface area contributed by atoms with Crippen LogP contribution in [0, 0.1) is 25.7 Å². The van der Waals surface area contributed by atoms with Gasteiger partial charge >= 0.3 is 6.09 Å². The summed E-state index contributed by atoms with van der Waals surface area (Å²) in [5.74, 6) is 1.89. The fourth-order valence-corrected chi connectivity index (χ4v) is 8.83. The Hall–Kier alpha value is -3.24. The molecule has 1 aliphatic rings. The Morgan fingerprint density at radius 2 is 1.84 bits per heavy atom. The van der Waals surface area contributed by atoms with E-state index < -0.39 is 16.1 Å². The second kappa shape index (κ2) is 13.2. The molecule has 0 saturated heterocycles. The minimum absolute atomic E-state index is 0.132. The van der Waals surface area contributed by atoms with E-state index in [1.165, 1.54) is 24.2 Å². The van der Waals surface area contributed by atoms with Crippen molar-refractivity contribution in [3.8, 4) is 11.1 Å². The number of benzene rings is 1. The van der Waals surface area contributed by atoms with Gasteiger partial charge in [0.05, 0.1) is 13.2 Å². The summed E-state index contributed by atoms with van der Waals surface area (Å²) in [6.07, 6.45) is 6.10. The number of imidazole rings is 1. The molecule has 0 spiro atoms. The minimum Gasteiger partial charge on any atom is -0.449 e. The number of amides is 1. The number of nitrogens with one attached hydrogen (secondary N) is 1. The molecule has 43 heavy (non-hydrogen) atoms. The summed E-state index contributed by atoms with van der Waals surface area (Å²) >= 11 is 1.21. The first-order valence-corrected chi connectivity index (χ1v) is 17.6. The number of carbonyl (C=O) groups is 1. The van der Waals surface area contributed by atoms with Crippen molar-refractivity contribution >= 4 is 38.6 Å². The molecule has 0 aliphatic heterocycles. The highest BCUT2D eigenvalue weighted by molar-refractivity contribution is 7.92. The zero-order valence-electron chi connectivity index (χ0n) is 25.8. The van der Waals surface area contributed by atoms with Gasteiger partial charge in [0, 0.05) is 22.6 Å². The van der Waals surface area contributed by atoms with E-state index in [1.807, 2.05) is 37.3 Å². The Bertz CT molecular complexity index is 1700. The summed E-state index contributed by atoms with van der Waals surface area (Å²) in [7, 11) is -4.12. The zero-order valence-corrected chi connectivity index (χ0v) is 27.4. The van der Waals surface area contributed by atoms with Gasteiger partial charge in [-0.3, -0.25) is 0 Å². The number of aromatic nitrogens is 3. The first kappa shape index (κ1) is 31.2. The number of aryl methyl sites for hydroxylation is 3. The highest BCUT2D eigenvalue weighted by Gasteiger charge is 2.27. The summed E-state index contributed by atoms with van der Waals surface area (Å²) in [5.41, 5.74) is 6.30. The molecule has 3 heterocycles. The van der Waals surface area contributed by atoms with E-state index in [0.29, 0.717) is 23.9 Å². The van der Waals surface area contributed by atoms with Gasteiger partial charge in [0.1, 0.15) is 15.6 Å². The number of fused-ring (bicyclic) bond motifs is 1. The van der Waals surface area contributed by atoms with E-state index >= 15 is 0 Å². The first-order valence-electron chi connectivity index (χ1n) is 15.3. The van der Waals surface area contributed by atoms with Gasteiger partial charge in [0.2, 0.25) is 0 Å². The Morgan fingerprint density at radius 1 is 1.12 bits per heavy atom. The number of carbonyl (C=O) groups excluding carboxylic acids is 1. The predicted octanol–water partition coefficient (Wildman–Crippen LogP) is 7.58. The molecular weight excluding hydrogens is 581 g/mol. The minimum atomic E-state index is -4.12. The van der Waals surface area contributed by atoms with E-state index in [-0.39, 0.29) is 10.8 Å². The van der Waals surface area contributed by atoms with Gasteiger partial charge in [-0.1, -0.05) is 70.7 Å². The van der Waals surface area contributed by atoms with Crippen LogP contribution in [0.15, 0.2) is 40.6 Å². The highest BCUT2D eigenvalue weighted by atomic mass is 32.2. The molecule has 3 aromatic heterocycles. The molecular formula is C33H42N4O4S2. The SMILES string of the molecule is CCc1nc2c(C)cc(C)nc2n1Cc1ccc(-c2cc(CC(C)C)sc2S(=O)(=O)NC(=O)OCCC2CCCC2)cc1. The molecule has 10 heteroatoms. The third kappa shape index (κ3) is 7.29. The lowest BCUT2D eigenvalue weighted by atomic mass is 10.0. The number of hydrogen-bond acceptors (Lipinski definition) is 7. The molecule has 4 aromatic rings. The molecule has 0 atom stereocenters. The second-order valence-electron chi connectivity index (χ2n) is 12.1. The van der Waals surface area contributed by atoms with Crippen molar-refractivity contribution in [2.24, 2.45) is 11.8 Å². The normalized spacial score (nSPS) is 14.2. The number of rotatable bonds is 11. The smallest absolute Gasteiger partial charge is 0.421 e. The number of pyridine rings is 1. The molecule has 1 N–H and O–H groups in total. The number of hydrogen-bond donors (Lipinski definition) is 1. The summed E-state index contributed by atoms with van der Waals surface area (Å²) in [4.78, 5) is 23.1. The molecule has 230 valence electrons. The van der Waals surface area contributed by atoms with Crippen molar-refractivity contribution in [3.63, 3.8) is 0 Å². The maximum absolute atomic E-state index is 13.5. The van der Waals surface area contributed by atoms with Gasteiger partial charge in [-0.05, 0) is 67.3 Å². The van der Waals surface area contributed by atoms with Crippen LogP contribution < -0.4 is 4.72 Å². The third-order valence-electron chi connectivity index (χ3n) is 8.08. The first-order chi connectivity index (χ1) is 20.5. The van der Waals surface area contributed by atoms with Crippen LogP contribution in [0.3, 0.4) is 0 Å². The summed E-state index contributed by atoms with van der Waals surface area (Å²) < 4.78 is 36.7. The van der Waals surface area contributed by atoms with Gasteiger partial charge in [-0.25, -0.2) is 27.9 Å². The topological polar surface area (TPSA) is 103 Å². The number of nitrogens with zero attached hydrogens (tertiary/aromatic N) is 3. The average molecular weight is 623 g/mol. The fraction of sp³-hybridized carbons (Fsp3) is 0.485. The molecule has 5 rings (SSSR count). The Kier molecular flexibility index (Phi) is 9.56. The Morgan fingerprint density at radius 3 is 2.51 bits per heavy atom. The van der Waals surface area contributed by atoms with Crippen molar-refractivity contribution in [1.29, 1.82) is 0 Å². The van der Waals surface area contributed by atoms with Crippen LogP contribution in [0.1, 0.15) is 80.4 Å². The summed E-state index contributed by atoms with van der Waals surface area (Å²) in [6, 6.07) is 11.9. The van der Waals surface area contributed by atoms with E-state index in [1.54, 1.807) is 0 Å². The highest BCUT2D eigenvalue weighted by Crippen LogP contribution is 2.37. The molecule has 1 saturated carbocycles. The van der Waals surface area contributed by atoms with Gasteiger partial charge in [0.15, 0.2) is 5.65 Å². The van der Waals surface area contributed by atoms with E-state index in [0.717, 1.165) is 76.4 Å². The number of sulfonamides is 1. The van der Waals surface area contributed by atoms with Crippen LogP contribution in [-0.2, 0) is 34.1 Å². The molecule has 8 nitrogen and oxygen atoms in total. The monoisotopic (exact) mass is 622 g/mol. The molecule has 0 radical (unpaired) electrons. The Labute approximate surface area is 259 Å². The van der Waals surface area contributed by atoms with Crippen LogP contribution in [0.5, 0.6) is 0 Å². The maximum Gasteiger partial charge on any atom is 0.421 e. The largest absolute Gasteiger partial charge is 0.449 e. The standard InChI is InChI=1S/C33H42N4O4S2/c1-6-29-35-30-22(4)18-23(5)34-31(30)37(29)20-25-11-13-26(14-12-25)28-19-27(17-21(2)3)42-32(28)43(39,40)36-33(38)41-16-15-24-9-7-8-10-24/h11-14,18-19,21,24H,6-10,15-17,20H2,1-5H3,(H,36,38). The summed E-state index contributed by atoms with van der Waals surface area (Å²) in [6.45, 7) is 11.2. The summed E-state index contributed by atoms with van der Waals surface area (Å²) in [5, 5.41) is 0. The lowest BCUT2D eigenvalue weighted by Crippen LogP contribution is -2.31. The van der Waals surface area contributed by atoms with Crippen molar-refractivity contribution in [2.75, 3.05) is 6.61 Å². The van der Waals surface area contributed by atoms with E-state index in [2.05, 4.69) is 43.1 Å². The van der Waals surface area contributed by atoms with Crippen LogP contribution in [0.25, 0.3) is 22.3 Å². The van der Waals surface area contributed by atoms with Gasteiger partial charge < -0.3 is 9.30 Å². The number of ether oxygens (including phenoxy) is 1. The van der Waals surface area contributed by atoms with Crippen molar-refractivity contribution in [3.05, 3.63) is 63.9 Å². The molecule has 0 unspecified atom stereocenters. The second-order valence-corrected chi connectivity index (χ2v) is 15.1. The fourth-order valence-electron chi connectivity index (χ4n) is 5.99.